The molecule has 1 aliphatic rings. The number of piperidine rings is 1. The fraction of sp³-hybridized carbons (Fsp3) is 0.261. The van der Waals surface area contributed by atoms with Crippen LogP contribution in [0.2, 0.25) is 0 Å². The minimum absolute atomic E-state index is 0.0650. The molecule has 0 radical (unpaired) electrons. The highest BCUT2D eigenvalue weighted by Gasteiger charge is 2.30. The molecule has 1 atom stereocenters. The van der Waals surface area contributed by atoms with Gasteiger partial charge in [-0.15, -0.1) is 0 Å². The van der Waals surface area contributed by atoms with Gasteiger partial charge in [-0.1, -0.05) is 60.7 Å². The van der Waals surface area contributed by atoms with Gasteiger partial charge in [0.2, 0.25) is 0 Å². The van der Waals surface area contributed by atoms with Crippen molar-refractivity contribution < 1.29 is 9.59 Å². The average Bonchev–Trinajstić information content (AvgIpc) is 3.24. The second kappa shape index (κ2) is 8.21. The van der Waals surface area contributed by atoms with Crippen molar-refractivity contribution in [1.82, 2.24) is 15.1 Å². The van der Waals surface area contributed by atoms with E-state index in [0.29, 0.717) is 25.1 Å². The van der Waals surface area contributed by atoms with Crippen LogP contribution >= 0.6 is 0 Å². The highest BCUT2D eigenvalue weighted by Crippen LogP contribution is 2.25. The number of hydrogen-bond acceptors (Lipinski definition) is 3. The molecule has 2 aromatic carbocycles. The Morgan fingerprint density at radius 2 is 1.75 bits per heavy atom. The number of H-pyrrole nitrogens is 1. The Morgan fingerprint density at radius 3 is 2.50 bits per heavy atom. The Labute approximate surface area is 164 Å². The predicted octanol–water partition coefficient (Wildman–Crippen LogP) is 3.74. The maximum atomic E-state index is 13.1. The van der Waals surface area contributed by atoms with Crippen molar-refractivity contribution in [3.8, 4) is 11.3 Å². The first kappa shape index (κ1) is 18.2. The van der Waals surface area contributed by atoms with Crippen LogP contribution in [0.5, 0.6) is 0 Å². The van der Waals surface area contributed by atoms with E-state index in [1.165, 1.54) is 0 Å². The monoisotopic (exact) mass is 373 g/mol. The second-order valence-corrected chi connectivity index (χ2v) is 7.24. The number of carbonyl (C=O) groups is 2. The van der Waals surface area contributed by atoms with Crippen LogP contribution in [0.3, 0.4) is 0 Å². The SMILES string of the molecule is O=C(Cc1ccccc1)[C@H]1CCCN(C(=O)c2cn[nH]c2-c2ccccc2)C1. The van der Waals surface area contributed by atoms with Gasteiger partial charge in [-0.2, -0.15) is 5.10 Å². The molecule has 0 aliphatic carbocycles. The quantitative estimate of drug-likeness (QED) is 0.741. The van der Waals surface area contributed by atoms with Gasteiger partial charge in [0.25, 0.3) is 5.91 Å². The van der Waals surface area contributed by atoms with E-state index in [2.05, 4.69) is 10.2 Å². The van der Waals surface area contributed by atoms with Crippen LogP contribution in [0.1, 0.15) is 28.8 Å². The number of hydrogen-bond donors (Lipinski definition) is 1. The van der Waals surface area contributed by atoms with Gasteiger partial charge in [0, 0.05) is 31.0 Å². The number of rotatable bonds is 5. The molecule has 1 aromatic heterocycles. The van der Waals surface area contributed by atoms with Crippen molar-refractivity contribution in [3.05, 3.63) is 78.0 Å². The van der Waals surface area contributed by atoms with Crippen LogP contribution in [-0.4, -0.2) is 39.9 Å². The first-order valence-corrected chi connectivity index (χ1v) is 9.67. The fourth-order valence-corrected chi connectivity index (χ4v) is 3.81. The third-order valence-corrected chi connectivity index (χ3v) is 5.32. The molecule has 2 heterocycles. The van der Waals surface area contributed by atoms with Crippen LogP contribution in [0.4, 0.5) is 0 Å². The Balaban J connectivity index is 1.47. The highest BCUT2D eigenvalue weighted by atomic mass is 16.2. The van der Waals surface area contributed by atoms with Crippen molar-refractivity contribution in [2.45, 2.75) is 19.3 Å². The topological polar surface area (TPSA) is 66.1 Å². The number of benzene rings is 2. The van der Waals surface area contributed by atoms with Crippen LogP contribution in [0.15, 0.2) is 66.9 Å². The van der Waals surface area contributed by atoms with Crippen molar-refractivity contribution in [2.75, 3.05) is 13.1 Å². The van der Waals surface area contributed by atoms with E-state index in [1.54, 1.807) is 11.1 Å². The van der Waals surface area contributed by atoms with Crippen molar-refractivity contribution in [2.24, 2.45) is 5.92 Å². The molecule has 0 spiro atoms. The Morgan fingerprint density at radius 1 is 1.04 bits per heavy atom. The van der Waals surface area contributed by atoms with Gasteiger partial charge in [-0.05, 0) is 18.4 Å². The number of ketones is 1. The van der Waals surface area contributed by atoms with E-state index in [9.17, 15) is 9.59 Å². The van der Waals surface area contributed by atoms with Gasteiger partial charge in [0.1, 0.15) is 5.78 Å². The summed E-state index contributed by atoms with van der Waals surface area (Å²) < 4.78 is 0. The Hall–Kier alpha value is -3.21. The summed E-state index contributed by atoms with van der Waals surface area (Å²) in [6, 6.07) is 19.5. The van der Waals surface area contributed by atoms with Gasteiger partial charge in [-0.3, -0.25) is 14.7 Å². The zero-order valence-corrected chi connectivity index (χ0v) is 15.7. The van der Waals surface area contributed by atoms with Gasteiger partial charge >= 0.3 is 0 Å². The number of carbonyl (C=O) groups excluding carboxylic acids is 2. The average molecular weight is 373 g/mol. The van der Waals surface area contributed by atoms with E-state index in [4.69, 9.17) is 0 Å². The molecule has 1 amide bonds. The van der Waals surface area contributed by atoms with Gasteiger partial charge < -0.3 is 4.90 Å². The minimum Gasteiger partial charge on any atom is -0.338 e. The summed E-state index contributed by atoms with van der Waals surface area (Å²) in [5.74, 6) is 0.0361. The van der Waals surface area contributed by atoms with Crippen LogP contribution in [0.25, 0.3) is 11.3 Å². The molecule has 1 N–H and O–H groups in total. The first-order chi connectivity index (χ1) is 13.7. The molecule has 0 unspecified atom stereocenters. The number of aromatic nitrogens is 2. The third-order valence-electron chi connectivity index (χ3n) is 5.32. The number of likely N-dealkylation sites (tertiary alicyclic amines) is 1. The van der Waals surface area contributed by atoms with Crippen molar-refractivity contribution in [1.29, 1.82) is 0 Å². The van der Waals surface area contributed by atoms with Gasteiger partial charge in [0.05, 0.1) is 17.5 Å². The summed E-state index contributed by atoms with van der Waals surface area (Å²) >= 11 is 0. The summed E-state index contributed by atoms with van der Waals surface area (Å²) in [6.07, 6.45) is 3.69. The van der Waals surface area contributed by atoms with Crippen LogP contribution in [-0.2, 0) is 11.2 Å². The van der Waals surface area contributed by atoms with Crippen LogP contribution in [0, 0.1) is 5.92 Å². The van der Waals surface area contributed by atoms with E-state index >= 15 is 0 Å². The van der Waals surface area contributed by atoms with E-state index in [0.717, 1.165) is 29.7 Å². The minimum atomic E-state index is -0.106. The first-order valence-electron chi connectivity index (χ1n) is 9.67. The maximum absolute atomic E-state index is 13.1. The van der Waals surface area contributed by atoms with Crippen molar-refractivity contribution >= 4 is 11.7 Å². The van der Waals surface area contributed by atoms with Gasteiger partial charge in [0.15, 0.2) is 0 Å². The number of nitrogens with one attached hydrogen (secondary N) is 1. The standard InChI is InChI=1S/C23H23N3O2/c27-21(14-17-8-3-1-4-9-17)19-12-7-13-26(16-19)23(28)20-15-24-25-22(20)18-10-5-2-6-11-18/h1-6,8-11,15,19H,7,12-14,16H2,(H,24,25)/t19-/m0/s1. The van der Waals surface area contributed by atoms with Crippen LogP contribution < -0.4 is 0 Å². The molecule has 1 aliphatic heterocycles. The summed E-state index contributed by atoms with van der Waals surface area (Å²) in [5, 5.41) is 7.03. The van der Waals surface area contributed by atoms with Crippen molar-refractivity contribution in [3.63, 3.8) is 0 Å². The molecule has 1 saturated heterocycles. The molecule has 5 heteroatoms. The fourth-order valence-electron chi connectivity index (χ4n) is 3.81. The number of Topliss-reactive ketones (excluding diaryl/α,β-unsaturated/α-hetero) is 1. The molecule has 0 saturated carbocycles. The van der Waals surface area contributed by atoms with Gasteiger partial charge in [-0.25, -0.2) is 0 Å². The normalized spacial score (nSPS) is 16.7. The summed E-state index contributed by atoms with van der Waals surface area (Å²) in [5.41, 5.74) is 3.24. The lowest BCUT2D eigenvalue weighted by Crippen LogP contribution is -2.42. The Bertz CT molecular complexity index is 950. The number of nitrogens with zero attached hydrogens (tertiary/aromatic N) is 2. The molecule has 4 rings (SSSR count). The molecular formula is C23H23N3O2. The molecule has 1 fully saturated rings. The second-order valence-electron chi connectivity index (χ2n) is 7.24. The summed E-state index contributed by atoms with van der Waals surface area (Å²) in [6.45, 7) is 1.15. The lowest BCUT2D eigenvalue weighted by Gasteiger charge is -2.32. The molecule has 5 nitrogen and oxygen atoms in total. The Kier molecular flexibility index (Phi) is 5.33. The smallest absolute Gasteiger partial charge is 0.257 e. The lowest BCUT2D eigenvalue weighted by molar-refractivity contribution is -0.123. The summed E-state index contributed by atoms with van der Waals surface area (Å²) in [4.78, 5) is 27.7. The molecule has 3 aromatic rings. The zero-order valence-electron chi connectivity index (χ0n) is 15.7. The molecule has 142 valence electrons. The molecule has 28 heavy (non-hydrogen) atoms. The van der Waals surface area contributed by atoms with E-state index in [1.807, 2.05) is 60.7 Å². The third kappa shape index (κ3) is 3.88. The lowest BCUT2D eigenvalue weighted by atomic mass is 9.90. The summed E-state index contributed by atoms with van der Waals surface area (Å²) in [7, 11) is 0. The molecule has 0 bridgehead atoms. The number of amides is 1. The molecular weight excluding hydrogens is 350 g/mol. The van der Waals surface area contributed by atoms with E-state index in [-0.39, 0.29) is 17.6 Å². The number of aromatic amines is 1. The zero-order chi connectivity index (χ0) is 19.3. The van der Waals surface area contributed by atoms with E-state index < -0.39 is 0 Å². The highest BCUT2D eigenvalue weighted by molar-refractivity contribution is 6.00. The largest absolute Gasteiger partial charge is 0.338 e. The maximum Gasteiger partial charge on any atom is 0.257 e. The predicted molar refractivity (Wildman–Crippen MR) is 108 cm³/mol.